The number of likely N-dealkylation sites (N-methyl/N-ethyl adjacent to an activating group) is 1. The molecule has 166 valence electrons. The van der Waals surface area contributed by atoms with Gasteiger partial charge in [0, 0.05) is 42.1 Å². The van der Waals surface area contributed by atoms with E-state index in [1.807, 2.05) is 37.6 Å². The SMILES string of the molecule is CN(CCC1(c2ccc(Cl)cc2)OC=C2CC(c3ccc(CN)cc3)=CC=C21)CC(=O)O. The van der Waals surface area contributed by atoms with Crippen LogP contribution in [-0.2, 0) is 21.7 Å². The number of rotatable bonds is 8. The second-order valence-corrected chi connectivity index (χ2v) is 8.76. The number of halogens is 1. The molecular weight excluding hydrogens is 424 g/mol. The number of hydrogen-bond donors (Lipinski definition) is 2. The first-order valence-corrected chi connectivity index (χ1v) is 11.0. The maximum atomic E-state index is 11.1. The molecule has 0 radical (unpaired) electrons. The largest absolute Gasteiger partial charge is 0.485 e. The van der Waals surface area contributed by atoms with E-state index in [-0.39, 0.29) is 6.54 Å². The van der Waals surface area contributed by atoms with E-state index in [9.17, 15) is 4.79 Å². The van der Waals surface area contributed by atoms with Crippen molar-refractivity contribution in [3.8, 4) is 0 Å². The van der Waals surface area contributed by atoms with Crippen molar-refractivity contribution in [3.63, 3.8) is 0 Å². The van der Waals surface area contributed by atoms with Crippen molar-refractivity contribution in [3.05, 3.63) is 99.8 Å². The Morgan fingerprint density at radius 2 is 1.84 bits per heavy atom. The summed E-state index contributed by atoms with van der Waals surface area (Å²) in [6.45, 7) is 1.09. The molecule has 2 aromatic carbocycles. The van der Waals surface area contributed by atoms with Gasteiger partial charge >= 0.3 is 5.97 Å². The highest BCUT2D eigenvalue weighted by atomic mass is 35.5. The van der Waals surface area contributed by atoms with Crippen molar-refractivity contribution in [2.75, 3.05) is 20.1 Å². The van der Waals surface area contributed by atoms with Crippen LogP contribution in [-0.4, -0.2) is 36.1 Å². The van der Waals surface area contributed by atoms with Crippen LogP contribution in [0.2, 0.25) is 5.02 Å². The highest BCUT2D eigenvalue weighted by Gasteiger charge is 2.44. The van der Waals surface area contributed by atoms with E-state index < -0.39 is 11.6 Å². The standard InChI is InChI=1S/C26H27ClN2O3/c1-29(16-25(30)31)13-12-26(22-7-9-23(27)10-8-22)24-11-6-20(14-21(24)17-32-26)19-4-2-18(15-28)3-5-19/h2-11,17H,12-16,28H2,1H3,(H,30,31). The van der Waals surface area contributed by atoms with Gasteiger partial charge in [-0.15, -0.1) is 0 Å². The minimum Gasteiger partial charge on any atom is -0.485 e. The van der Waals surface area contributed by atoms with Gasteiger partial charge in [0.1, 0.15) is 0 Å². The summed E-state index contributed by atoms with van der Waals surface area (Å²) in [6, 6.07) is 16.0. The molecule has 0 aromatic heterocycles. The number of nitrogens with two attached hydrogens (primary N) is 1. The summed E-state index contributed by atoms with van der Waals surface area (Å²) in [5.41, 5.74) is 11.8. The van der Waals surface area contributed by atoms with Crippen molar-refractivity contribution < 1.29 is 14.6 Å². The van der Waals surface area contributed by atoms with Crippen molar-refractivity contribution in [2.45, 2.75) is 25.0 Å². The predicted molar refractivity (Wildman–Crippen MR) is 127 cm³/mol. The minimum absolute atomic E-state index is 0.0150. The van der Waals surface area contributed by atoms with Gasteiger partial charge < -0.3 is 15.6 Å². The molecule has 1 atom stereocenters. The zero-order chi connectivity index (χ0) is 22.7. The minimum atomic E-state index is -0.843. The first kappa shape index (κ1) is 22.3. The fourth-order valence-electron chi connectivity index (χ4n) is 4.38. The van der Waals surface area contributed by atoms with Crippen LogP contribution >= 0.6 is 11.6 Å². The number of carboxylic acids is 1. The number of hydrogen-bond acceptors (Lipinski definition) is 4. The number of aliphatic carboxylic acids is 1. The lowest BCUT2D eigenvalue weighted by atomic mass is 9.77. The van der Waals surface area contributed by atoms with Gasteiger partial charge in [-0.3, -0.25) is 9.69 Å². The second kappa shape index (κ2) is 9.33. The van der Waals surface area contributed by atoms with E-state index in [4.69, 9.17) is 27.2 Å². The molecule has 0 saturated carbocycles. The molecule has 0 amide bonds. The van der Waals surface area contributed by atoms with Crippen LogP contribution in [0.4, 0.5) is 0 Å². The van der Waals surface area contributed by atoms with Crippen LogP contribution in [0.1, 0.15) is 29.5 Å². The molecule has 1 heterocycles. The highest BCUT2D eigenvalue weighted by Crippen LogP contribution is 2.50. The van der Waals surface area contributed by atoms with Crippen LogP contribution in [0, 0.1) is 0 Å². The third kappa shape index (κ3) is 4.51. The van der Waals surface area contributed by atoms with Gasteiger partial charge in [0.25, 0.3) is 0 Å². The Morgan fingerprint density at radius 3 is 2.50 bits per heavy atom. The molecule has 0 bridgehead atoms. The molecule has 1 aliphatic carbocycles. The maximum Gasteiger partial charge on any atom is 0.317 e. The van der Waals surface area contributed by atoms with E-state index in [1.165, 1.54) is 11.1 Å². The summed E-state index contributed by atoms with van der Waals surface area (Å²) in [6.07, 6.45) is 7.55. The molecule has 0 spiro atoms. The molecule has 5 nitrogen and oxygen atoms in total. The third-order valence-corrected chi connectivity index (χ3v) is 6.39. The van der Waals surface area contributed by atoms with Crippen LogP contribution in [0.25, 0.3) is 5.57 Å². The monoisotopic (exact) mass is 450 g/mol. The van der Waals surface area contributed by atoms with Crippen LogP contribution < -0.4 is 5.73 Å². The van der Waals surface area contributed by atoms with E-state index >= 15 is 0 Å². The van der Waals surface area contributed by atoms with Crippen LogP contribution in [0.3, 0.4) is 0 Å². The van der Waals surface area contributed by atoms with Crippen LogP contribution in [0.15, 0.2) is 78.1 Å². The van der Waals surface area contributed by atoms with Crippen LogP contribution in [0.5, 0.6) is 0 Å². The second-order valence-electron chi connectivity index (χ2n) is 8.33. The molecule has 2 aliphatic rings. The van der Waals surface area contributed by atoms with Gasteiger partial charge in [-0.25, -0.2) is 0 Å². The fraction of sp³-hybridized carbons (Fsp3) is 0.269. The van der Waals surface area contributed by atoms with Crippen molar-refractivity contribution >= 4 is 23.1 Å². The van der Waals surface area contributed by atoms with Gasteiger partial charge in [0.05, 0.1) is 12.8 Å². The Kier molecular flexibility index (Phi) is 6.51. The summed E-state index contributed by atoms with van der Waals surface area (Å²) in [4.78, 5) is 12.9. The molecule has 32 heavy (non-hydrogen) atoms. The Morgan fingerprint density at radius 1 is 1.12 bits per heavy atom. The van der Waals surface area contributed by atoms with E-state index in [0.29, 0.717) is 24.5 Å². The predicted octanol–water partition coefficient (Wildman–Crippen LogP) is 4.73. The summed E-state index contributed by atoms with van der Waals surface area (Å²) in [5, 5.41) is 9.79. The van der Waals surface area contributed by atoms with Crippen molar-refractivity contribution in [1.29, 1.82) is 0 Å². The normalized spacial score (nSPS) is 19.7. The average Bonchev–Trinajstić information content (AvgIpc) is 3.17. The van der Waals surface area contributed by atoms with Crippen molar-refractivity contribution in [2.24, 2.45) is 5.73 Å². The van der Waals surface area contributed by atoms with E-state index in [2.05, 4.69) is 36.4 Å². The maximum absolute atomic E-state index is 11.1. The topological polar surface area (TPSA) is 75.8 Å². The van der Waals surface area contributed by atoms with Gasteiger partial charge in [0.15, 0.2) is 5.60 Å². The molecule has 3 N–H and O–H groups in total. The Labute approximate surface area is 193 Å². The number of carbonyl (C=O) groups is 1. The summed E-state index contributed by atoms with van der Waals surface area (Å²) >= 11 is 6.14. The van der Waals surface area contributed by atoms with Gasteiger partial charge in [0.2, 0.25) is 0 Å². The van der Waals surface area contributed by atoms with Crippen molar-refractivity contribution in [1.82, 2.24) is 4.90 Å². The summed E-state index contributed by atoms with van der Waals surface area (Å²) in [5.74, 6) is -0.843. The Balaban J connectivity index is 1.66. The zero-order valence-corrected chi connectivity index (χ0v) is 18.8. The quantitative estimate of drug-likeness (QED) is 0.608. The molecule has 2 aromatic rings. The van der Waals surface area contributed by atoms with Gasteiger partial charge in [-0.1, -0.05) is 60.2 Å². The number of benzene rings is 2. The molecule has 4 rings (SSSR count). The lowest BCUT2D eigenvalue weighted by Gasteiger charge is -2.34. The average molecular weight is 451 g/mol. The lowest BCUT2D eigenvalue weighted by molar-refractivity contribution is -0.138. The smallest absolute Gasteiger partial charge is 0.317 e. The molecular formula is C26H27ClN2O3. The number of fused-ring (bicyclic) bond motifs is 1. The number of carboxylic acid groups (broad SMARTS) is 1. The zero-order valence-electron chi connectivity index (χ0n) is 18.1. The summed E-state index contributed by atoms with van der Waals surface area (Å²) in [7, 11) is 1.81. The highest BCUT2D eigenvalue weighted by molar-refractivity contribution is 6.30. The molecule has 6 heteroatoms. The van der Waals surface area contributed by atoms with Gasteiger partial charge in [-0.05, 0) is 41.5 Å². The summed E-state index contributed by atoms with van der Waals surface area (Å²) < 4.78 is 6.39. The molecule has 1 aliphatic heterocycles. The lowest BCUT2D eigenvalue weighted by Crippen LogP contribution is -2.35. The molecule has 1 unspecified atom stereocenters. The third-order valence-electron chi connectivity index (χ3n) is 6.14. The number of allylic oxidation sites excluding steroid dienone is 3. The number of nitrogens with zero attached hydrogens (tertiary/aromatic N) is 1. The fourth-order valence-corrected chi connectivity index (χ4v) is 4.50. The van der Waals surface area contributed by atoms with Gasteiger partial charge in [-0.2, -0.15) is 0 Å². The Bertz CT molecular complexity index is 1090. The van der Waals surface area contributed by atoms with E-state index in [0.717, 1.165) is 28.7 Å². The number of ether oxygens (including phenoxy) is 1. The molecule has 0 fully saturated rings. The first-order chi connectivity index (χ1) is 15.4. The molecule has 0 saturated heterocycles. The first-order valence-electron chi connectivity index (χ1n) is 10.7. The van der Waals surface area contributed by atoms with E-state index in [1.54, 1.807) is 4.90 Å². The Hall–Kier alpha value is -2.86.